The van der Waals surface area contributed by atoms with Crippen LogP contribution < -0.4 is 14.7 Å². The van der Waals surface area contributed by atoms with E-state index in [4.69, 9.17) is 13.9 Å². The van der Waals surface area contributed by atoms with Gasteiger partial charge in [0.25, 0.3) is 5.69 Å². The Labute approximate surface area is 166 Å². The Morgan fingerprint density at radius 1 is 0.500 bits per heavy atom. The molecule has 0 aliphatic rings. The maximum atomic E-state index is 12.4. The van der Waals surface area contributed by atoms with E-state index in [9.17, 15) is 15.6 Å². The summed E-state index contributed by atoms with van der Waals surface area (Å²) >= 11 is 0. The predicted octanol–water partition coefficient (Wildman–Crippen LogP) is 1.22. The van der Waals surface area contributed by atoms with E-state index in [0.29, 0.717) is 11.1 Å². The van der Waals surface area contributed by atoms with Gasteiger partial charge in [0.2, 0.25) is 11.4 Å². The lowest BCUT2D eigenvalue weighted by Gasteiger charge is -1.98. The normalized spacial score (nSPS) is 11.1. The van der Waals surface area contributed by atoms with Crippen molar-refractivity contribution in [3.05, 3.63) is 76.3 Å². The predicted molar refractivity (Wildman–Crippen MR) is 95.2 cm³/mol. The number of hydrogen-bond acceptors (Lipinski definition) is 9. The van der Waals surface area contributed by atoms with Gasteiger partial charge in [-0.2, -0.15) is 0 Å². The molecule has 0 bridgehead atoms. The van der Waals surface area contributed by atoms with Crippen LogP contribution in [0.1, 0.15) is 0 Å². The van der Waals surface area contributed by atoms with Crippen molar-refractivity contribution in [2.24, 2.45) is 0 Å². The van der Waals surface area contributed by atoms with E-state index in [0.717, 1.165) is 0 Å². The summed E-state index contributed by atoms with van der Waals surface area (Å²) < 4.78 is 14.2. The summed E-state index contributed by atoms with van der Waals surface area (Å²) in [5, 5.41) is 48.0. The highest BCUT2D eigenvalue weighted by molar-refractivity contribution is 5.84. The van der Waals surface area contributed by atoms with E-state index in [1.807, 2.05) is 0 Å². The van der Waals surface area contributed by atoms with Crippen LogP contribution >= 0.6 is 0 Å². The van der Waals surface area contributed by atoms with E-state index in [2.05, 4.69) is 15.5 Å². The van der Waals surface area contributed by atoms with Gasteiger partial charge in [-0.25, -0.2) is 0 Å². The molecule has 0 amide bonds. The molecule has 0 fully saturated rings. The van der Waals surface area contributed by atoms with Crippen molar-refractivity contribution in [2.45, 2.75) is 0 Å². The van der Waals surface area contributed by atoms with Crippen LogP contribution in [-0.4, -0.2) is 15.5 Å². The van der Waals surface area contributed by atoms with Gasteiger partial charge in [-0.05, 0) is 14.7 Å². The molecule has 5 rings (SSSR count). The monoisotopic (exact) mass is 406 g/mol. The molecule has 5 aromatic rings. The second-order valence-corrected chi connectivity index (χ2v) is 6.11. The van der Waals surface area contributed by atoms with Crippen LogP contribution in [0.3, 0.4) is 0 Å². The number of aromatic nitrogens is 6. The van der Waals surface area contributed by atoms with Crippen molar-refractivity contribution >= 4 is 0 Å². The molecule has 0 saturated carbocycles. The zero-order chi connectivity index (χ0) is 20.7. The van der Waals surface area contributed by atoms with Gasteiger partial charge >= 0.3 is 17.1 Å². The first-order chi connectivity index (χ1) is 14.6. The number of nitrogens with zero attached hydrogens (tertiary/aromatic N) is 6. The van der Waals surface area contributed by atoms with E-state index in [1.165, 1.54) is 0 Å². The maximum Gasteiger partial charge on any atom is 0.311 e. The minimum Gasteiger partial charge on any atom is -0.359 e. The second-order valence-electron chi connectivity index (χ2n) is 6.11. The standard InChI is InChI=1S/C18H10N6O6/c25-22-16(11-7-3-1-4-8-11)13(19-28-22)14-18(24(27)29-20-14)15-17(23(26)30-21-15)12-9-5-2-6-10-12/h1-10H. The first-order valence-corrected chi connectivity index (χ1v) is 8.56. The molecule has 30 heavy (non-hydrogen) atoms. The fourth-order valence-electron chi connectivity index (χ4n) is 3.09. The fraction of sp³-hybridized carbons (Fsp3) is 0. The molecule has 0 saturated heterocycles. The van der Waals surface area contributed by atoms with Crippen molar-refractivity contribution in [2.75, 3.05) is 0 Å². The van der Waals surface area contributed by atoms with Gasteiger partial charge in [-0.3, -0.25) is 13.9 Å². The van der Waals surface area contributed by atoms with Crippen LogP contribution in [0.2, 0.25) is 0 Å². The molecule has 0 aliphatic heterocycles. The minimum atomic E-state index is -0.265. The Kier molecular flexibility index (Phi) is 3.88. The average molecular weight is 406 g/mol. The van der Waals surface area contributed by atoms with Crippen LogP contribution in [-0.2, 0) is 0 Å². The van der Waals surface area contributed by atoms with Gasteiger partial charge in [0, 0.05) is 11.1 Å². The van der Waals surface area contributed by atoms with Crippen LogP contribution in [0.25, 0.3) is 45.3 Å². The molecule has 3 aromatic heterocycles. The van der Waals surface area contributed by atoms with E-state index in [1.54, 1.807) is 60.7 Å². The Bertz CT molecular complexity index is 1330. The molecular formula is C18H10N6O6. The molecule has 3 heterocycles. The summed E-state index contributed by atoms with van der Waals surface area (Å²) in [4.78, 5) is 0.404. The summed E-state index contributed by atoms with van der Waals surface area (Å²) in [6.07, 6.45) is 0. The van der Waals surface area contributed by atoms with Gasteiger partial charge in [0.05, 0.1) is 15.5 Å². The minimum absolute atomic E-state index is 0.00510. The van der Waals surface area contributed by atoms with Gasteiger partial charge in [-0.15, -0.1) is 0 Å². The second kappa shape index (κ2) is 6.70. The van der Waals surface area contributed by atoms with Crippen molar-refractivity contribution in [1.29, 1.82) is 0 Å². The number of benzene rings is 2. The van der Waals surface area contributed by atoms with Gasteiger partial charge < -0.3 is 15.6 Å². The maximum absolute atomic E-state index is 12.4. The highest BCUT2D eigenvalue weighted by Gasteiger charge is 2.40. The highest BCUT2D eigenvalue weighted by atomic mass is 16.8. The molecule has 12 heteroatoms. The Hall–Kier alpha value is -4.74. The van der Waals surface area contributed by atoms with Gasteiger partial charge in [-0.1, -0.05) is 60.7 Å². The molecule has 0 N–H and O–H groups in total. The van der Waals surface area contributed by atoms with Gasteiger partial charge in [0.1, 0.15) is 0 Å². The zero-order valence-electron chi connectivity index (χ0n) is 14.9. The van der Waals surface area contributed by atoms with Crippen LogP contribution in [0.4, 0.5) is 0 Å². The van der Waals surface area contributed by atoms with Crippen LogP contribution in [0.15, 0.2) is 74.6 Å². The molecule has 0 spiro atoms. The largest absolute Gasteiger partial charge is 0.359 e. The molecule has 0 atom stereocenters. The Morgan fingerprint density at radius 3 is 1.37 bits per heavy atom. The summed E-state index contributed by atoms with van der Waals surface area (Å²) in [5.74, 6) is 0. The Morgan fingerprint density at radius 2 is 0.867 bits per heavy atom. The van der Waals surface area contributed by atoms with E-state index in [-0.39, 0.29) is 48.9 Å². The molecule has 148 valence electrons. The third-order valence-corrected chi connectivity index (χ3v) is 4.38. The zero-order valence-corrected chi connectivity index (χ0v) is 14.9. The van der Waals surface area contributed by atoms with Crippen LogP contribution in [0, 0.1) is 15.6 Å². The molecule has 12 nitrogen and oxygen atoms in total. The van der Waals surface area contributed by atoms with Crippen molar-refractivity contribution in [3.63, 3.8) is 0 Å². The smallest absolute Gasteiger partial charge is 0.311 e. The first-order valence-electron chi connectivity index (χ1n) is 8.56. The van der Waals surface area contributed by atoms with Crippen molar-refractivity contribution < 1.29 is 28.6 Å². The summed E-state index contributed by atoms with van der Waals surface area (Å²) in [7, 11) is 0. The molecule has 2 aromatic carbocycles. The van der Waals surface area contributed by atoms with Crippen molar-refractivity contribution in [1.82, 2.24) is 15.5 Å². The summed E-state index contributed by atoms with van der Waals surface area (Å²) in [6.45, 7) is 0. The van der Waals surface area contributed by atoms with Gasteiger partial charge in [0.15, 0.2) is 0 Å². The lowest BCUT2D eigenvalue weighted by Crippen LogP contribution is -2.28. The third kappa shape index (κ3) is 2.63. The molecule has 0 unspecified atom stereocenters. The quantitative estimate of drug-likeness (QED) is 0.400. The van der Waals surface area contributed by atoms with E-state index < -0.39 is 0 Å². The van der Waals surface area contributed by atoms with E-state index >= 15 is 0 Å². The molecule has 0 aliphatic carbocycles. The molecule has 0 radical (unpaired) electrons. The summed E-state index contributed by atoms with van der Waals surface area (Å²) in [6, 6.07) is 17.0. The molecular weight excluding hydrogens is 396 g/mol. The fourth-order valence-corrected chi connectivity index (χ4v) is 3.09. The lowest BCUT2D eigenvalue weighted by atomic mass is 10.0. The number of rotatable bonds is 4. The number of hydrogen-bond donors (Lipinski definition) is 0. The third-order valence-electron chi connectivity index (χ3n) is 4.38. The first kappa shape index (κ1) is 17.4. The topological polar surface area (TPSA) is 159 Å². The van der Waals surface area contributed by atoms with Crippen LogP contribution in [0.5, 0.6) is 0 Å². The highest BCUT2D eigenvalue weighted by Crippen LogP contribution is 2.34. The van der Waals surface area contributed by atoms with Crippen molar-refractivity contribution in [3.8, 4) is 45.3 Å². The average Bonchev–Trinajstić information content (AvgIpc) is 3.45. The lowest BCUT2D eigenvalue weighted by molar-refractivity contribution is -0.794. The summed E-state index contributed by atoms with van der Waals surface area (Å²) in [5.41, 5.74) is 0.267. The Balaban J connectivity index is 1.74. The SMILES string of the molecule is [O-][n+]1onc(-c2no[n+]([O-])c2-c2no[n+]([O-])c2-c2ccccc2)c1-c1ccccc1.